The summed E-state index contributed by atoms with van der Waals surface area (Å²) < 4.78 is 23.3. The molecule has 0 bridgehead atoms. The topological polar surface area (TPSA) is 178 Å². The van der Waals surface area contributed by atoms with E-state index in [1.807, 2.05) is 65.6 Å². The molecule has 13 nitrogen and oxygen atoms in total. The van der Waals surface area contributed by atoms with E-state index in [4.69, 9.17) is 24.7 Å². The molecule has 3 amide bonds. The van der Waals surface area contributed by atoms with Gasteiger partial charge in [0.15, 0.2) is 0 Å². The maximum absolute atomic E-state index is 16.0. The number of methoxy groups -OCH3 is 1. The lowest BCUT2D eigenvalue weighted by molar-refractivity contribution is -0.178. The van der Waals surface area contributed by atoms with Crippen molar-refractivity contribution in [1.29, 1.82) is 0 Å². The van der Waals surface area contributed by atoms with Gasteiger partial charge in [-0.1, -0.05) is 104 Å². The number of esters is 1. The van der Waals surface area contributed by atoms with Gasteiger partial charge in [-0.3, -0.25) is 19.3 Å². The molecular formula is C48H49N3O10. The van der Waals surface area contributed by atoms with E-state index in [0.29, 0.717) is 35.1 Å². The molecule has 0 aromatic heterocycles. The molecule has 4 aromatic carbocycles. The van der Waals surface area contributed by atoms with Crippen molar-refractivity contribution in [3.05, 3.63) is 131 Å². The average molecular weight is 828 g/mol. The number of fused-ring (bicyclic) bond motifs is 3. The number of anilines is 1. The number of amides is 3. The number of primary amides is 1. The second-order valence-corrected chi connectivity index (χ2v) is 16.0. The Bertz CT molecular complexity index is 2340. The van der Waals surface area contributed by atoms with Gasteiger partial charge in [0.25, 0.3) is 0 Å². The Morgan fingerprint density at radius 1 is 0.852 bits per heavy atom. The molecule has 1 spiro atoms. The number of nitrogens with zero attached hydrogens (tertiary/aromatic N) is 2. The highest BCUT2D eigenvalue weighted by Gasteiger charge is 2.76. The quantitative estimate of drug-likeness (QED) is 0.0804. The summed E-state index contributed by atoms with van der Waals surface area (Å²) in [5.74, 6) is 2.28. The molecule has 4 aromatic rings. The highest BCUT2D eigenvalue weighted by Crippen LogP contribution is 2.66. The fourth-order valence-electron chi connectivity index (χ4n) is 9.86. The molecule has 13 heteroatoms. The minimum atomic E-state index is -2.11. The van der Waals surface area contributed by atoms with Crippen LogP contribution in [-0.2, 0) is 34.0 Å². The number of imide groups is 1. The Morgan fingerprint density at radius 3 is 2.20 bits per heavy atom. The summed E-state index contributed by atoms with van der Waals surface area (Å²) in [5, 5.41) is 21.5. The molecule has 0 radical (unpaired) electrons. The lowest BCUT2D eigenvalue weighted by Crippen LogP contribution is -2.55. The first-order chi connectivity index (χ1) is 29.6. The van der Waals surface area contributed by atoms with Crippen molar-refractivity contribution in [2.24, 2.45) is 11.7 Å². The smallest absolute Gasteiger partial charge is 0.421 e. The number of cyclic esters (lactones) is 1. The van der Waals surface area contributed by atoms with Crippen LogP contribution in [0.2, 0.25) is 0 Å². The number of hydrogen-bond acceptors (Lipinski definition) is 11. The Morgan fingerprint density at radius 2 is 1.52 bits per heavy atom. The number of hydrogen-bond donors (Lipinski definition) is 3. The monoisotopic (exact) mass is 827 g/mol. The van der Waals surface area contributed by atoms with E-state index < -0.39 is 65.0 Å². The molecule has 1 aliphatic carbocycles. The SMILES string of the molecule is COCCOC(=O)N1C(=O)[C@@]2(c3cc(C#CC4(O)CCCCCC4)ccc31)[C@H](c1ccccc1OCCO)N1[C@H](c3ccccc3)[C@H](c3ccccc3)OC(=O)[C@H]1[C@@H]2C(N)=O. The van der Waals surface area contributed by atoms with Gasteiger partial charge in [-0.2, -0.15) is 0 Å². The number of carbonyl (C=O) groups is 4. The summed E-state index contributed by atoms with van der Waals surface area (Å²) in [6, 6.07) is 26.8. The predicted octanol–water partition coefficient (Wildman–Crippen LogP) is 5.43. The van der Waals surface area contributed by atoms with E-state index in [-0.39, 0.29) is 43.4 Å². The number of ether oxygens (including phenoxy) is 4. The Kier molecular flexibility index (Phi) is 12.0. The van der Waals surface area contributed by atoms with Crippen LogP contribution in [0.1, 0.15) is 84.5 Å². The third-order valence-electron chi connectivity index (χ3n) is 12.4. The van der Waals surface area contributed by atoms with Gasteiger partial charge in [-0.25, -0.2) is 9.69 Å². The molecule has 316 valence electrons. The number of para-hydroxylation sites is 1. The van der Waals surface area contributed by atoms with Gasteiger partial charge in [0.05, 0.1) is 36.9 Å². The van der Waals surface area contributed by atoms with Crippen molar-refractivity contribution in [1.82, 2.24) is 4.90 Å². The lowest BCUT2D eigenvalue weighted by Gasteiger charge is -2.46. The lowest BCUT2D eigenvalue weighted by atomic mass is 9.65. The second-order valence-electron chi connectivity index (χ2n) is 16.0. The minimum absolute atomic E-state index is 0.0483. The third-order valence-corrected chi connectivity index (χ3v) is 12.4. The zero-order valence-corrected chi connectivity index (χ0v) is 33.9. The molecule has 3 fully saturated rings. The summed E-state index contributed by atoms with van der Waals surface area (Å²) in [5.41, 5.74) is 5.63. The number of morpholine rings is 1. The number of carbonyl (C=O) groups excluding carboxylic acids is 4. The predicted molar refractivity (Wildman–Crippen MR) is 223 cm³/mol. The minimum Gasteiger partial charge on any atom is -0.491 e. The van der Waals surface area contributed by atoms with Crippen LogP contribution < -0.4 is 15.4 Å². The van der Waals surface area contributed by atoms with Crippen molar-refractivity contribution in [2.75, 3.05) is 38.4 Å². The van der Waals surface area contributed by atoms with Gasteiger partial charge in [0.1, 0.15) is 42.1 Å². The van der Waals surface area contributed by atoms with Crippen LogP contribution >= 0.6 is 0 Å². The summed E-state index contributed by atoms with van der Waals surface area (Å²) >= 11 is 0. The van der Waals surface area contributed by atoms with E-state index in [9.17, 15) is 24.6 Å². The number of aliphatic hydroxyl groups is 2. The maximum Gasteiger partial charge on any atom is 0.421 e. The molecule has 1 saturated carbocycles. The summed E-state index contributed by atoms with van der Waals surface area (Å²) in [6.07, 6.45) is 2.71. The van der Waals surface area contributed by atoms with Crippen LogP contribution in [0.25, 0.3) is 0 Å². The van der Waals surface area contributed by atoms with Crippen LogP contribution in [0.5, 0.6) is 5.75 Å². The average Bonchev–Trinajstić information content (AvgIpc) is 3.61. The Hall–Kier alpha value is -6.04. The molecule has 4 N–H and O–H groups in total. The maximum atomic E-state index is 16.0. The first kappa shape index (κ1) is 41.7. The Labute approximate surface area is 354 Å². The first-order valence-electron chi connectivity index (χ1n) is 20.7. The Balaban J connectivity index is 1.44. The van der Waals surface area contributed by atoms with Gasteiger partial charge in [-0.15, -0.1) is 0 Å². The highest BCUT2D eigenvalue weighted by atomic mass is 16.6. The van der Waals surface area contributed by atoms with Crippen LogP contribution in [0.4, 0.5) is 10.5 Å². The van der Waals surface area contributed by atoms with Gasteiger partial charge in [0, 0.05) is 18.2 Å². The van der Waals surface area contributed by atoms with E-state index in [0.717, 1.165) is 30.6 Å². The van der Waals surface area contributed by atoms with Crippen molar-refractivity contribution in [3.63, 3.8) is 0 Å². The standard InChI is InChI=1S/C48H49N3O10/c1-58-28-29-60-46(56)50-36-21-20-31(22-25-47(57)23-12-2-3-13-24-47)30-35(36)48(45(50)55)38(43(49)53)40-44(54)61-41(33-16-8-5-9-17-33)39(32-14-6-4-7-15-32)51(40)42(48)34-18-10-11-19-37(34)59-27-26-52/h4-11,14-21,30,38-42,52,57H,2-3,12-13,23-24,26-29H2,1H3,(H2,49,53)/t38-,39-,40-,41+,42+,48-/m1/s1. The van der Waals surface area contributed by atoms with Crippen LogP contribution in [0.3, 0.4) is 0 Å². The third kappa shape index (κ3) is 7.44. The fourth-order valence-corrected chi connectivity index (χ4v) is 9.86. The number of benzene rings is 4. The molecule has 4 aliphatic rings. The van der Waals surface area contributed by atoms with Gasteiger partial charge in [0.2, 0.25) is 11.8 Å². The van der Waals surface area contributed by atoms with Crippen LogP contribution in [0.15, 0.2) is 103 Å². The molecular weight excluding hydrogens is 779 g/mol. The summed E-state index contributed by atoms with van der Waals surface area (Å²) in [6.45, 7) is -0.569. The van der Waals surface area contributed by atoms with Crippen molar-refractivity contribution < 1.29 is 48.3 Å². The molecule has 3 aliphatic heterocycles. The summed E-state index contributed by atoms with van der Waals surface area (Å²) in [7, 11) is 1.45. The van der Waals surface area contributed by atoms with Crippen LogP contribution in [0, 0.1) is 17.8 Å². The normalized spacial score (nSPS) is 25.4. The zero-order valence-electron chi connectivity index (χ0n) is 33.9. The van der Waals surface area contributed by atoms with E-state index in [1.54, 1.807) is 42.5 Å². The zero-order chi connectivity index (χ0) is 42.7. The van der Waals surface area contributed by atoms with Gasteiger partial charge in [-0.05, 0) is 66.6 Å². The number of aliphatic hydroxyl groups excluding tert-OH is 1. The second kappa shape index (κ2) is 17.5. The molecule has 3 heterocycles. The molecule has 61 heavy (non-hydrogen) atoms. The fraction of sp³-hybridized carbons (Fsp3) is 0.375. The molecule has 0 unspecified atom stereocenters. The highest BCUT2D eigenvalue weighted by molar-refractivity contribution is 6.23. The molecule has 2 saturated heterocycles. The van der Waals surface area contributed by atoms with Crippen molar-refractivity contribution in [3.8, 4) is 17.6 Å². The van der Waals surface area contributed by atoms with Crippen LogP contribution in [-0.4, -0.2) is 84.2 Å². The van der Waals surface area contributed by atoms with Crippen molar-refractivity contribution >= 4 is 29.6 Å². The molecule has 8 rings (SSSR count). The van der Waals surface area contributed by atoms with E-state index in [2.05, 4.69) is 11.8 Å². The number of nitrogens with two attached hydrogens (primary N) is 1. The van der Waals surface area contributed by atoms with Gasteiger partial charge < -0.3 is 34.9 Å². The molecule has 6 atom stereocenters. The largest absolute Gasteiger partial charge is 0.491 e. The summed E-state index contributed by atoms with van der Waals surface area (Å²) in [4.78, 5) is 62.4. The van der Waals surface area contributed by atoms with E-state index >= 15 is 4.79 Å². The first-order valence-corrected chi connectivity index (χ1v) is 20.7. The van der Waals surface area contributed by atoms with E-state index in [1.165, 1.54) is 7.11 Å². The van der Waals surface area contributed by atoms with Crippen molar-refractivity contribution in [2.45, 2.75) is 73.8 Å². The number of rotatable bonds is 10. The van der Waals surface area contributed by atoms with Gasteiger partial charge >= 0.3 is 12.1 Å².